The van der Waals surface area contributed by atoms with Crippen molar-refractivity contribution in [3.05, 3.63) is 12.1 Å². The van der Waals surface area contributed by atoms with E-state index in [0.717, 1.165) is 12.4 Å². The van der Waals surface area contributed by atoms with Crippen LogP contribution >= 0.6 is 0 Å². The van der Waals surface area contributed by atoms with Crippen molar-refractivity contribution in [1.29, 1.82) is 0 Å². The van der Waals surface area contributed by atoms with Gasteiger partial charge in [0.15, 0.2) is 5.82 Å². The quantitative estimate of drug-likeness (QED) is 0.892. The highest BCUT2D eigenvalue weighted by Crippen LogP contribution is 2.25. The highest BCUT2D eigenvalue weighted by Gasteiger charge is 2.19. The largest absolute Gasteiger partial charge is 0.481 e. The summed E-state index contributed by atoms with van der Waals surface area (Å²) in [7, 11) is 5.86. The molecule has 5 heteroatoms. The van der Waals surface area contributed by atoms with Crippen molar-refractivity contribution in [3.8, 4) is 5.88 Å². The van der Waals surface area contributed by atoms with Crippen molar-refractivity contribution in [2.75, 3.05) is 51.5 Å². The minimum absolute atomic E-state index is 0.611. The summed E-state index contributed by atoms with van der Waals surface area (Å²) < 4.78 is 5.16. The standard InChI is InChI=1S/C14H24N4O/c1-17-8-6-11(7-9-17)10-18(2)14-12(15)4-5-13(16-14)19-3/h4-5,11H,6-10,15H2,1-3H3. The molecule has 1 aliphatic rings. The molecular formula is C14H24N4O. The molecule has 0 amide bonds. The monoisotopic (exact) mass is 264 g/mol. The van der Waals surface area contributed by atoms with Gasteiger partial charge in [0.2, 0.25) is 5.88 Å². The van der Waals surface area contributed by atoms with E-state index in [-0.39, 0.29) is 0 Å². The Kier molecular flexibility index (Phi) is 4.47. The maximum atomic E-state index is 6.00. The Labute approximate surface area is 115 Å². The molecule has 0 bridgehead atoms. The SMILES string of the molecule is COc1ccc(N)c(N(C)CC2CCN(C)CC2)n1. The number of nitrogens with two attached hydrogens (primary N) is 1. The van der Waals surface area contributed by atoms with Crippen LogP contribution < -0.4 is 15.4 Å². The van der Waals surface area contributed by atoms with E-state index in [2.05, 4.69) is 28.9 Å². The maximum absolute atomic E-state index is 6.00. The number of hydrogen-bond acceptors (Lipinski definition) is 5. The molecule has 0 saturated carbocycles. The average Bonchev–Trinajstić information content (AvgIpc) is 2.42. The molecule has 0 unspecified atom stereocenters. The van der Waals surface area contributed by atoms with Crippen LogP contribution in [0.3, 0.4) is 0 Å². The van der Waals surface area contributed by atoms with Crippen LogP contribution in [0.15, 0.2) is 12.1 Å². The fourth-order valence-electron chi connectivity index (χ4n) is 2.58. The smallest absolute Gasteiger partial charge is 0.215 e. The minimum atomic E-state index is 0.611. The fourth-order valence-corrected chi connectivity index (χ4v) is 2.58. The molecule has 5 nitrogen and oxygen atoms in total. The van der Waals surface area contributed by atoms with Gasteiger partial charge in [0, 0.05) is 19.7 Å². The molecule has 2 N–H and O–H groups in total. The zero-order valence-corrected chi connectivity index (χ0v) is 12.1. The van der Waals surface area contributed by atoms with Gasteiger partial charge in [-0.1, -0.05) is 0 Å². The molecule has 1 aromatic heterocycles. The van der Waals surface area contributed by atoms with Gasteiger partial charge in [-0.2, -0.15) is 4.98 Å². The second-order valence-corrected chi connectivity index (χ2v) is 5.39. The third-order valence-corrected chi connectivity index (χ3v) is 3.82. The molecule has 0 aliphatic carbocycles. The Morgan fingerprint density at radius 3 is 2.74 bits per heavy atom. The van der Waals surface area contributed by atoms with Crippen LogP contribution in [0.2, 0.25) is 0 Å². The van der Waals surface area contributed by atoms with Crippen molar-refractivity contribution >= 4 is 11.5 Å². The predicted molar refractivity (Wildman–Crippen MR) is 78.7 cm³/mol. The third-order valence-electron chi connectivity index (χ3n) is 3.82. The van der Waals surface area contributed by atoms with Crippen LogP contribution in [0, 0.1) is 5.92 Å². The first kappa shape index (κ1) is 13.9. The summed E-state index contributed by atoms with van der Waals surface area (Å²) in [6.45, 7) is 3.36. The lowest BCUT2D eigenvalue weighted by Crippen LogP contribution is -2.36. The summed E-state index contributed by atoms with van der Waals surface area (Å²) in [5, 5.41) is 0. The zero-order valence-electron chi connectivity index (χ0n) is 12.1. The van der Waals surface area contributed by atoms with Crippen LogP contribution in [0.4, 0.5) is 11.5 Å². The molecule has 2 heterocycles. The van der Waals surface area contributed by atoms with Crippen molar-refractivity contribution in [3.63, 3.8) is 0 Å². The fraction of sp³-hybridized carbons (Fsp3) is 0.643. The number of nitrogen functional groups attached to an aromatic ring is 1. The highest BCUT2D eigenvalue weighted by atomic mass is 16.5. The van der Waals surface area contributed by atoms with E-state index in [1.54, 1.807) is 13.2 Å². The molecule has 1 fully saturated rings. The van der Waals surface area contributed by atoms with E-state index >= 15 is 0 Å². The normalized spacial score (nSPS) is 17.4. The second-order valence-electron chi connectivity index (χ2n) is 5.39. The van der Waals surface area contributed by atoms with Gasteiger partial charge >= 0.3 is 0 Å². The topological polar surface area (TPSA) is 54.6 Å². The Morgan fingerprint density at radius 2 is 2.11 bits per heavy atom. The van der Waals surface area contributed by atoms with Gasteiger partial charge in [-0.15, -0.1) is 0 Å². The van der Waals surface area contributed by atoms with E-state index in [1.165, 1.54) is 25.9 Å². The second kappa shape index (κ2) is 6.10. The Balaban J connectivity index is 2.01. The zero-order chi connectivity index (χ0) is 13.8. The molecule has 19 heavy (non-hydrogen) atoms. The number of pyridine rings is 1. The summed E-state index contributed by atoms with van der Waals surface area (Å²) in [5.74, 6) is 2.14. The molecule has 1 aromatic rings. The number of nitrogens with zero attached hydrogens (tertiary/aromatic N) is 3. The molecule has 0 aromatic carbocycles. The number of piperidine rings is 1. The lowest BCUT2D eigenvalue weighted by molar-refractivity contribution is 0.222. The highest BCUT2D eigenvalue weighted by molar-refractivity contribution is 5.63. The molecule has 0 atom stereocenters. The van der Waals surface area contributed by atoms with E-state index in [9.17, 15) is 0 Å². The van der Waals surface area contributed by atoms with Gasteiger partial charge in [-0.05, 0) is 45.0 Å². The molecule has 0 radical (unpaired) electrons. The van der Waals surface area contributed by atoms with Crippen LogP contribution in [-0.2, 0) is 0 Å². The summed E-state index contributed by atoms with van der Waals surface area (Å²) in [4.78, 5) is 8.97. The molecular weight excluding hydrogens is 240 g/mol. The Hall–Kier alpha value is -1.49. The molecule has 0 spiro atoms. The Bertz CT molecular complexity index is 416. The first-order valence-electron chi connectivity index (χ1n) is 6.80. The predicted octanol–water partition coefficient (Wildman–Crippen LogP) is 1.45. The number of hydrogen-bond donors (Lipinski definition) is 1. The van der Waals surface area contributed by atoms with Crippen LogP contribution in [-0.4, -0.2) is 50.7 Å². The first-order chi connectivity index (χ1) is 9.10. The van der Waals surface area contributed by atoms with Gasteiger partial charge in [0.25, 0.3) is 0 Å². The number of rotatable bonds is 4. The number of methoxy groups -OCH3 is 1. The van der Waals surface area contributed by atoms with Crippen LogP contribution in [0.1, 0.15) is 12.8 Å². The summed E-state index contributed by atoms with van der Waals surface area (Å²) in [6, 6.07) is 3.65. The molecule has 1 saturated heterocycles. The average molecular weight is 264 g/mol. The molecule has 2 rings (SSSR count). The van der Waals surface area contributed by atoms with Gasteiger partial charge in [0.1, 0.15) is 0 Å². The third kappa shape index (κ3) is 3.50. The van der Waals surface area contributed by atoms with Crippen molar-refractivity contribution in [2.45, 2.75) is 12.8 Å². The summed E-state index contributed by atoms with van der Waals surface area (Å²) >= 11 is 0. The van der Waals surface area contributed by atoms with Crippen molar-refractivity contribution < 1.29 is 4.74 Å². The summed E-state index contributed by atoms with van der Waals surface area (Å²) in [5.41, 5.74) is 6.71. The number of likely N-dealkylation sites (tertiary alicyclic amines) is 1. The molecule has 106 valence electrons. The van der Waals surface area contributed by atoms with Crippen molar-refractivity contribution in [2.24, 2.45) is 5.92 Å². The Morgan fingerprint density at radius 1 is 1.42 bits per heavy atom. The van der Waals surface area contributed by atoms with Crippen LogP contribution in [0.5, 0.6) is 5.88 Å². The van der Waals surface area contributed by atoms with Crippen LogP contribution in [0.25, 0.3) is 0 Å². The number of ether oxygens (including phenoxy) is 1. The van der Waals surface area contributed by atoms with Crippen molar-refractivity contribution in [1.82, 2.24) is 9.88 Å². The first-order valence-corrected chi connectivity index (χ1v) is 6.80. The number of aromatic nitrogens is 1. The lowest BCUT2D eigenvalue weighted by Gasteiger charge is -2.32. The lowest BCUT2D eigenvalue weighted by atomic mass is 9.97. The van der Waals surface area contributed by atoms with E-state index < -0.39 is 0 Å². The van der Waals surface area contributed by atoms with Gasteiger partial charge in [0.05, 0.1) is 12.8 Å². The summed E-state index contributed by atoms with van der Waals surface area (Å²) in [6.07, 6.45) is 2.48. The van der Waals surface area contributed by atoms with E-state index in [4.69, 9.17) is 10.5 Å². The van der Waals surface area contributed by atoms with E-state index in [0.29, 0.717) is 17.5 Å². The molecule has 1 aliphatic heterocycles. The van der Waals surface area contributed by atoms with Gasteiger partial charge in [-0.3, -0.25) is 0 Å². The minimum Gasteiger partial charge on any atom is -0.481 e. The van der Waals surface area contributed by atoms with Gasteiger partial charge < -0.3 is 20.3 Å². The maximum Gasteiger partial charge on any atom is 0.215 e. The number of anilines is 2. The van der Waals surface area contributed by atoms with E-state index in [1.807, 2.05) is 6.07 Å². The van der Waals surface area contributed by atoms with Gasteiger partial charge in [-0.25, -0.2) is 0 Å².